The Labute approximate surface area is 99.8 Å². The highest BCUT2D eigenvalue weighted by Gasteiger charge is 2.22. The van der Waals surface area contributed by atoms with Gasteiger partial charge in [0.05, 0.1) is 5.32 Å². The number of hydrogen-bond donors (Lipinski definition) is 0. The second-order valence-electron chi connectivity index (χ2n) is 4.72. The van der Waals surface area contributed by atoms with Crippen molar-refractivity contribution >= 4 is 14.4 Å². The third-order valence-electron chi connectivity index (χ3n) is 3.57. The van der Waals surface area contributed by atoms with Crippen LogP contribution in [0.1, 0.15) is 32.1 Å². The van der Waals surface area contributed by atoms with Crippen LogP contribution in [-0.4, -0.2) is 21.1 Å². The predicted molar refractivity (Wildman–Crippen MR) is 69.4 cm³/mol. The monoisotopic (exact) mass is 235 g/mol. The molecule has 0 radical (unpaired) electrons. The third-order valence-corrected chi connectivity index (χ3v) is 6.24. The summed E-state index contributed by atoms with van der Waals surface area (Å²) < 4.78 is 5.72. The van der Waals surface area contributed by atoms with Crippen molar-refractivity contribution in [2.75, 3.05) is 7.11 Å². The normalized spacial score (nSPS) is 19.6. The minimum Gasteiger partial charge on any atom is -0.417 e. The van der Waals surface area contributed by atoms with Crippen molar-refractivity contribution in [3.05, 3.63) is 24.4 Å². The topological polar surface area (TPSA) is 22.1 Å². The molecule has 88 valence electrons. The first kappa shape index (κ1) is 11.8. The van der Waals surface area contributed by atoms with Gasteiger partial charge in [0, 0.05) is 13.3 Å². The van der Waals surface area contributed by atoms with Gasteiger partial charge in [-0.1, -0.05) is 38.2 Å². The van der Waals surface area contributed by atoms with Crippen LogP contribution in [-0.2, 0) is 4.43 Å². The molecule has 1 unspecified atom stereocenters. The average molecular weight is 235 g/mol. The molecule has 0 spiro atoms. The second kappa shape index (κ2) is 6.16. The number of hydrogen-bond acceptors (Lipinski definition) is 2. The molecule has 1 atom stereocenters. The van der Waals surface area contributed by atoms with Gasteiger partial charge in [-0.05, 0) is 24.1 Å². The first-order chi connectivity index (χ1) is 7.90. The summed E-state index contributed by atoms with van der Waals surface area (Å²) in [5.74, 6) is 0.896. The summed E-state index contributed by atoms with van der Waals surface area (Å²) in [5.41, 5.74) is 0. The molecule has 0 aromatic carbocycles. The van der Waals surface area contributed by atoms with Gasteiger partial charge < -0.3 is 4.43 Å². The molecule has 1 aromatic heterocycles. The molecule has 1 fully saturated rings. The Morgan fingerprint density at radius 2 is 2.12 bits per heavy atom. The molecule has 0 bridgehead atoms. The molecular formula is C13H21NOSi. The van der Waals surface area contributed by atoms with Gasteiger partial charge in [-0.3, -0.25) is 4.98 Å². The lowest BCUT2D eigenvalue weighted by Gasteiger charge is -2.24. The lowest BCUT2D eigenvalue weighted by molar-refractivity contribution is 0.359. The van der Waals surface area contributed by atoms with Crippen molar-refractivity contribution in [2.45, 2.75) is 38.1 Å². The van der Waals surface area contributed by atoms with E-state index in [4.69, 9.17) is 4.43 Å². The Bertz CT molecular complexity index is 298. The smallest absolute Gasteiger partial charge is 0.227 e. The van der Waals surface area contributed by atoms with Crippen LogP contribution in [0, 0.1) is 5.92 Å². The first-order valence-electron chi connectivity index (χ1n) is 6.34. The zero-order chi connectivity index (χ0) is 11.2. The summed E-state index contributed by atoms with van der Waals surface area (Å²) in [6, 6.07) is 7.45. The minimum absolute atomic E-state index is 0.896. The van der Waals surface area contributed by atoms with Crippen LogP contribution in [0.25, 0.3) is 0 Å². The van der Waals surface area contributed by atoms with E-state index in [2.05, 4.69) is 17.1 Å². The van der Waals surface area contributed by atoms with E-state index < -0.39 is 9.04 Å². The number of rotatable bonds is 4. The van der Waals surface area contributed by atoms with Crippen LogP contribution in [0.3, 0.4) is 0 Å². The maximum Gasteiger partial charge on any atom is 0.227 e. The molecule has 1 aliphatic carbocycles. The highest BCUT2D eigenvalue weighted by Crippen LogP contribution is 2.27. The van der Waals surface area contributed by atoms with E-state index in [-0.39, 0.29) is 0 Å². The van der Waals surface area contributed by atoms with E-state index in [1.807, 2.05) is 19.4 Å². The molecule has 1 aromatic rings. The molecule has 2 nitrogen and oxygen atoms in total. The molecule has 0 amide bonds. The van der Waals surface area contributed by atoms with E-state index in [0.29, 0.717) is 0 Å². The summed E-state index contributed by atoms with van der Waals surface area (Å²) >= 11 is 0. The van der Waals surface area contributed by atoms with E-state index in [1.165, 1.54) is 43.5 Å². The Balaban J connectivity index is 1.94. The molecule has 1 saturated carbocycles. The minimum atomic E-state index is -1.26. The molecule has 1 aliphatic rings. The van der Waals surface area contributed by atoms with Gasteiger partial charge in [0.1, 0.15) is 0 Å². The molecular weight excluding hydrogens is 214 g/mol. The van der Waals surface area contributed by atoms with Crippen LogP contribution in [0.5, 0.6) is 0 Å². The number of aromatic nitrogens is 1. The van der Waals surface area contributed by atoms with Crippen molar-refractivity contribution in [1.82, 2.24) is 4.98 Å². The van der Waals surface area contributed by atoms with Crippen LogP contribution in [0.4, 0.5) is 0 Å². The fourth-order valence-corrected chi connectivity index (χ4v) is 4.96. The SMILES string of the molecule is CO[SiH](CC1CCCCC1)c1ccccn1. The van der Waals surface area contributed by atoms with Gasteiger partial charge in [-0.25, -0.2) is 0 Å². The summed E-state index contributed by atoms with van der Waals surface area (Å²) in [4.78, 5) is 4.45. The Morgan fingerprint density at radius 3 is 2.75 bits per heavy atom. The summed E-state index contributed by atoms with van der Waals surface area (Å²) in [5, 5.41) is 1.22. The molecule has 1 heterocycles. The fraction of sp³-hybridized carbons (Fsp3) is 0.615. The third kappa shape index (κ3) is 3.16. The van der Waals surface area contributed by atoms with Crippen molar-refractivity contribution in [3.8, 4) is 0 Å². The number of nitrogens with zero attached hydrogens (tertiary/aromatic N) is 1. The predicted octanol–water partition coefficient (Wildman–Crippen LogP) is 2.24. The molecule has 3 heteroatoms. The zero-order valence-electron chi connectivity index (χ0n) is 10.1. The Kier molecular flexibility index (Phi) is 4.54. The summed E-state index contributed by atoms with van der Waals surface area (Å²) in [7, 11) is 0.600. The molecule has 0 aliphatic heterocycles. The summed E-state index contributed by atoms with van der Waals surface area (Å²) in [6.07, 6.45) is 8.95. The fourth-order valence-electron chi connectivity index (χ4n) is 2.63. The van der Waals surface area contributed by atoms with Gasteiger partial charge in [0.2, 0.25) is 9.04 Å². The molecule has 0 saturated heterocycles. The maximum absolute atomic E-state index is 5.72. The van der Waals surface area contributed by atoms with Crippen molar-refractivity contribution in [1.29, 1.82) is 0 Å². The van der Waals surface area contributed by atoms with E-state index in [1.54, 1.807) is 0 Å². The highest BCUT2D eigenvalue weighted by atomic mass is 28.3. The quantitative estimate of drug-likeness (QED) is 0.747. The van der Waals surface area contributed by atoms with Crippen LogP contribution in [0.15, 0.2) is 24.4 Å². The van der Waals surface area contributed by atoms with E-state index in [0.717, 1.165) is 5.92 Å². The van der Waals surface area contributed by atoms with Gasteiger partial charge in [-0.15, -0.1) is 0 Å². The van der Waals surface area contributed by atoms with Gasteiger partial charge >= 0.3 is 0 Å². The van der Waals surface area contributed by atoms with Crippen LogP contribution < -0.4 is 5.32 Å². The second-order valence-corrected chi connectivity index (χ2v) is 7.23. The Hall–Kier alpha value is -0.673. The molecule has 16 heavy (non-hydrogen) atoms. The average Bonchev–Trinajstić information content (AvgIpc) is 2.38. The summed E-state index contributed by atoms with van der Waals surface area (Å²) in [6.45, 7) is 0. The zero-order valence-corrected chi connectivity index (χ0v) is 11.2. The lowest BCUT2D eigenvalue weighted by Crippen LogP contribution is -2.36. The standard InChI is InChI=1S/C13H21NOSi/c1-15-16(13-9-5-6-10-14-13)11-12-7-3-2-4-8-12/h5-6,9-10,12,16H,2-4,7-8,11H2,1H3. The van der Waals surface area contributed by atoms with E-state index in [9.17, 15) is 0 Å². The van der Waals surface area contributed by atoms with Gasteiger partial charge in [0.15, 0.2) is 0 Å². The highest BCUT2D eigenvalue weighted by molar-refractivity contribution is 6.66. The van der Waals surface area contributed by atoms with E-state index >= 15 is 0 Å². The van der Waals surface area contributed by atoms with Crippen molar-refractivity contribution in [2.24, 2.45) is 5.92 Å². The van der Waals surface area contributed by atoms with Crippen LogP contribution >= 0.6 is 0 Å². The largest absolute Gasteiger partial charge is 0.417 e. The Morgan fingerprint density at radius 1 is 1.31 bits per heavy atom. The van der Waals surface area contributed by atoms with Gasteiger partial charge in [0.25, 0.3) is 0 Å². The van der Waals surface area contributed by atoms with Crippen LogP contribution in [0.2, 0.25) is 6.04 Å². The first-order valence-corrected chi connectivity index (χ1v) is 8.20. The molecule has 0 N–H and O–H groups in total. The lowest BCUT2D eigenvalue weighted by atomic mass is 9.91. The molecule has 2 rings (SSSR count). The van der Waals surface area contributed by atoms with Gasteiger partial charge in [-0.2, -0.15) is 0 Å². The maximum atomic E-state index is 5.72. The number of pyridine rings is 1. The van der Waals surface area contributed by atoms with Crippen molar-refractivity contribution in [3.63, 3.8) is 0 Å². The van der Waals surface area contributed by atoms with Crippen molar-refractivity contribution < 1.29 is 4.43 Å².